The van der Waals surface area contributed by atoms with Gasteiger partial charge in [0.15, 0.2) is 5.82 Å². The quantitative estimate of drug-likeness (QED) is 0.673. The maximum atomic E-state index is 4.26. The van der Waals surface area contributed by atoms with E-state index in [0.717, 1.165) is 37.1 Å². The highest BCUT2D eigenvalue weighted by atomic mass is 15.2. The third-order valence-corrected chi connectivity index (χ3v) is 2.76. The Kier molecular flexibility index (Phi) is 5.32. The van der Waals surface area contributed by atoms with Gasteiger partial charge in [-0.2, -0.15) is 5.10 Å². The van der Waals surface area contributed by atoms with E-state index in [1.54, 1.807) is 0 Å². The molecule has 4 nitrogen and oxygen atoms in total. The first-order valence-corrected chi connectivity index (χ1v) is 5.84. The molecular formula is C11H22N4. The summed E-state index contributed by atoms with van der Waals surface area (Å²) in [6.45, 7) is 8.49. The van der Waals surface area contributed by atoms with Crippen molar-refractivity contribution in [3.05, 3.63) is 11.6 Å². The smallest absolute Gasteiger partial charge is 0.151 e. The molecule has 1 aromatic rings. The van der Waals surface area contributed by atoms with E-state index < -0.39 is 0 Å². The van der Waals surface area contributed by atoms with Gasteiger partial charge in [-0.05, 0) is 19.4 Å². The molecule has 86 valence electrons. The third kappa shape index (κ3) is 4.42. The molecule has 0 aliphatic heterocycles. The molecule has 0 saturated heterocycles. The van der Waals surface area contributed by atoms with Gasteiger partial charge in [0.25, 0.3) is 0 Å². The van der Waals surface area contributed by atoms with Crippen LogP contribution in [0.3, 0.4) is 0 Å². The molecule has 0 aromatic carbocycles. The summed E-state index contributed by atoms with van der Waals surface area (Å²) in [6, 6.07) is 0. The van der Waals surface area contributed by atoms with Crippen molar-refractivity contribution in [1.29, 1.82) is 0 Å². The van der Waals surface area contributed by atoms with Crippen LogP contribution >= 0.6 is 0 Å². The Bertz CT molecular complexity index is 265. The largest absolute Gasteiger partial charge is 0.316 e. The third-order valence-electron chi connectivity index (χ3n) is 2.76. The highest BCUT2D eigenvalue weighted by Crippen LogP contribution is 2.04. The minimum absolute atomic E-state index is 0.805. The molecule has 1 rings (SSSR count). The van der Waals surface area contributed by atoms with Crippen LogP contribution < -0.4 is 5.32 Å². The second-order valence-electron chi connectivity index (χ2n) is 3.97. The Morgan fingerprint density at radius 1 is 1.33 bits per heavy atom. The van der Waals surface area contributed by atoms with Gasteiger partial charge < -0.3 is 5.32 Å². The number of rotatable bonds is 7. The van der Waals surface area contributed by atoms with Crippen molar-refractivity contribution >= 4 is 0 Å². The lowest BCUT2D eigenvalue weighted by atomic mass is 10.0. The number of nitrogens with one attached hydrogen (secondary N) is 2. The number of aromatic nitrogens is 3. The lowest BCUT2D eigenvalue weighted by Crippen LogP contribution is -2.24. The van der Waals surface area contributed by atoms with Crippen LogP contribution in [0.1, 0.15) is 38.3 Å². The van der Waals surface area contributed by atoms with Crippen LogP contribution in [0.15, 0.2) is 0 Å². The van der Waals surface area contributed by atoms with Crippen LogP contribution in [0, 0.1) is 12.8 Å². The van der Waals surface area contributed by atoms with Crippen molar-refractivity contribution in [2.75, 3.05) is 13.1 Å². The van der Waals surface area contributed by atoms with Crippen molar-refractivity contribution in [2.45, 2.75) is 40.0 Å². The number of hydrogen-bond acceptors (Lipinski definition) is 3. The van der Waals surface area contributed by atoms with Gasteiger partial charge in [0, 0.05) is 13.0 Å². The van der Waals surface area contributed by atoms with Gasteiger partial charge in [0.1, 0.15) is 5.82 Å². The van der Waals surface area contributed by atoms with Gasteiger partial charge in [-0.1, -0.05) is 26.7 Å². The average molecular weight is 210 g/mol. The van der Waals surface area contributed by atoms with Crippen molar-refractivity contribution in [3.8, 4) is 0 Å². The zero-order chi connectivity index (χ0) is 11.1. The molecule has 0 unspecified atom stereocenters. The van der Waals surface area contributed by atoms with Crippen LogP contribution in [0.25, 0.3) is 0 Å². The van der Waals surface area contributed by atoms with Crippen LogP contribution in [0.4, 0.5) is 0 Å². The average Bonchev–Trinajstić information content (AvgIpc) is 2.65. The van der Waals surface area contributed by atoms with E-state index in [4.69, 9.17) is 0 Å². The zero-order valence-corrected chi connectivity index (χ0v) is 10.0. The van der Waals surface area contributed by atoms with Gasteiger partial charge >= 0.3 is 0 Å². The summed E-state index contributed by atoms with van der Waals surface area (Å²) < 4.78 is 0. The Balaban J connectivity index is 2.11. The molecule has 15 heavy (non-hydrogen) atoms. The summed E-state index contributed by atoms with van der Waals surface area (Å²) in [7, 11) is 0. The monoisotopic (exact) mass is 210 g/mol. The fourth-order valence-electron chi connectivity index (χ4n) is 1.58. The molecule has 0 spiro atoms. The molecule has 0 radical (unpaired) electrons. The maximum absolute atomic E-state index is 4.26. The fourth-order valence-corrected chi connectivity index (χ4v) is 1.58. The Morgan fingerprint density at radius 2 is 2.07 bits per heavy atom. The molecule has 0 atom stereocenters. The second-order valence-corrected chi connectivity index (χ2v) is 3.97. The number of H-pyrrole nitrogens is 1. The van der Waals surface area contributed by atoms with E-state index >= 15 is 0 Å². The molecule has 0 bridgehead atoms. The van der Waals surface area contributed by atoms with Gasteiger partial charge in [-0.3, -0.25) is 5.10 Å². The normalized spacial score (nSPS) is 11.2. The first-order chi connectivity index (χ1) is 7.26. The summed E-state index contributed by atoms with van der Waals surface area (Å²) in [4.78, 5) is 4.26. The molecule has 0 saturated carbocycles. The van der Waals surface area contributed by atoms with E-state index in [1.165, 1.54) is 12.8 Å². The molecule has 1 heterocycles. The van der Waals surface area contributed by atoms with Crippen molar-refractivity contribution in [3.63, 3.8) is 0 Å². The van der Waals surface area contributed by atoms with Gasteiger partial charge in [0.05, 0.1) is 0 Å². The van der Waals surface area contributed by atoms with E-state index in [2.05, 4.69) is 34.3 Å². The van der Waals surface area contributed by atoms with Crippen LogP contribution in [-0.2, 0) is 6.42 Å². The molecule has 1 aromatic heterocycles. The highest BCUT2D eigenvalue weighted by molar-refractivity contribution is 4.87. The van der Waals surface area contributed by atoms with Crippen LogP contribution in [0.2, 0.25) is 0 Å². The minimum atomic E-state index is 0.805. The first-order valence-electron chi connectivity index (χ1n) is 5.84. The summed E-state index contributed by atoms with van der Waals surface area (Å²) in [6.07, 6.45) is 3.41. The predicted molar refractivity (Wildman–Crippen MR) is 61.8 cm³/mol. The number of nitrogens with zero attached hydrogens (tertiary/aromatic N) is 2. The lowest BCUT2D eigenvalue weighted by Gasteiger charge is -2.12. The van der Waals surface area contributed by atoms with Crippen molar-refractivity contribution in [1.82, 2.24) is 20.5 Å². The molecule has 0 aliphatic rings. The van der Waals surface area contributed by atoms with Gasteiger partial charge in [-0.15, -0.1) is 0 Å². The Labute approximate surface area is 91.9 Å². The van der Waals surface area contributed by atoms with Crippen LogP contribution in [-0.4, -0.2) is 28.3 Å². The number of aryl methyl sites for hydroxylation is 1. The molecule has 0 fully saturated rings. The number of aromatic amines is 1. The summed E-state index contributed by atoms with van der Waals surface area (Å²) in [5.74, 6) is 2.61. The Morgan fingerprint density at radius 3 is 2.60 bits per heavy atom. The van der Waals surface area contributed by atoms with Crippen LogP contribution in [0.5, 0.6) is 0 Å². The van der Waals surface area contributed by atoms with E-state index in [1.807, 2.05) is 6.92 Å². The molecule has 0 aliphatic carbocycles. The lowest BCUT2D eigenvalue weighted by molar-refractivity contribution is 0.450. The zero-order valence-electron chi connectivity index (χ0n) is 10.0. The number of hydrogen-bond donors (Lipinski definition) is 2. The van der Waals surface area contributed by atoms with Gasteiger partial charge in [0.2, 0.25) is 0 Å². The topological polar surface area (TPSA) is 53.6 Å². The summed E-state index contributed by atoms with van der Waals surface area (Å²) >= 11 is 0. The standard InChI is InChI=1S/C11H22N4/c1-4-10(5-2)8-12-7-6-11-13-9(3)14-15-11/h10,12H,4-8H2,1-3H3,(H,13,14,15). The first kappa shape index (κ1) is 12.2. The van der Waals surface area contributed by atoms with E-state index in [-0.39, 0.29) is 0 Å². The Hall–Kier alpha value is -0.900. The fraction of sp³-hybridized carbons (Fsp3) is 0.818. The van der Waals surface area contributed by atoms with Crippen molar-refractivity contribution in [2.24, 2.45) is 5.92 Å². The van der Waals surface area contributed by atoms with E-state index in [0.29, 0.717) is 0 Å². The van der Waals surface area contributed by atoms with E-state index in [9.17, 15) is 0 Å². The van der Waals surface area contributed by atoms with Gasteiger partial charge in [-0.25, -0.2) is 4.98 Å². The molecular weight excluding hydrogens is 188 g/mol. The summed E-state index contributed by atoms with van der Waals surface area (Å²) in [5, 5.41) is 10.4. The predicted octanol–water partition coefficient (Wildman–Crippen LogP) is 1.68. The second kappa shape index (κ2) is 6.56. The van der Waals surface area contributed by atoms with Crippen molar-refractivity contribution < 1.29 is 0 Å². The minimum Gasteiger partial charge on any atom is -0.316 e. The summed E-state index contributed by atoms with van der Waals surface area (Å²) in [5.41, 5.74) is 0. The molecule has 0 amide bonds. The molecule has 2 N–H and O–H groups in total. The SMILES string of the molecule is CCC(CC)CNCCc1n[nH]c(C)n1. The maximum Gasteiger partial charge on any atom is 0.151 e. The molecule has 4 heteroatoms. The highest BCUT2D eigenvalue weighted by Gasteiger charge is 2.03.